The molecule has 0 radical (unpaired) electrons. The number of halogens is 7. The van der Waals surface area contributed by atoms with E-state index in [2.05, 4.69) is 20.4 Å². The zero-order chi connectivity index (χ0) is 36.7. The molecule has 0 bridgehead atoms. The molecule has 272 valence electrons. The Morgan fingerprint density at radius 2 is 1.75 bits per heavy atom. The molecular formula is C34H34F7N7O3. The molecule has 2 aromatic heterocycles. The smallest absolute Gasteiger partial charge is 0.429 e. The second-order valence-corrected chi connectivity index (χ2v) is 12.7. The molecule has 4 aromatic rings. The Labute approximate surface area is 287 Å². The van der Waals surface area contributed by atoms with E-state index in [0.29, 0.717) is 56.7 Å². The molecule has 2 aromatic carbocycles. The lowest BCUT2D eigenvalue weighted by molar-refractivity contribution is -0.198. The van der Waals surface area contributed by atoms with Gasteiger partial charge in [0.25, 0.3) is 0 Å². The van der Waals surface area contributed by atoms with Crippen LogP contribution in [0.4, 0.5) is 42.5 Å². The Morgan fingerprint density at radius 3 is 2.39 bits per heavy atom. The van der Waals surface area contributed by atoms with E-state index in [0.717, 1.165) is 16.8 Å². The van der Waals surface area contributed by atoms with Crippen molar-refractivity contribution in [2.75, 3.05) is 36.9 Å². The highest BCUT2D eigenvalue weighted by Gasteiger charge is 2.46. The molecule has 2 aliphatic heterocycles. The van der Waals surface area contributed by atoms with Gasteiger partial charge in [-0.05, 0) is 73.9 Å². The molecule has 0 aliphatic carbocycles. The standard InChI is InChI=1S/C34H34F7N7O3/c1-3-50-30(49)25-17-32(18-43-25)9-12-47(13-10-32)27-16-28(45-31(42)44-27)51-29(34(39,40)41)22-6-4-21(15-26(22)48-11-8-19(2)46-48)20-5-7-24(35)23(14-20)33(36,37)38/h4-8,11,14-16,25,29,43H,3,9-10,12-13,17-18H2,1-2H3,(H2,42,44,45)/t25-,29+/m0/s1. The fourth-order valence-electron chi connectivity index (χ4n) is 6.61. The van der Waals surface area contributed by atoms with Crippen LogP contribution in [0.2, 0.25) is 0 Å². The molecule has 2 saturated heterocycles. The van der Waals surface area contributed by atoms with Crippen molar-refractivity contribution in [1.82, 2.24) is 25.1 Å². The molecule has 4 heterocycles. The number of esters is 1. The Morgan fingerprint density at radius 1 is 1.04 bits per heavy atom. The number of carbonyl (C=O) groups is 1. The number of alkyl halides is 6. The van der Waals surface area contributed by atoms with Crippen LogP contribution in [0.15, 0.2) is 54.7 Å². The monoisotopic (exact) mass is 721 g/mol. The summed E-state index contributed by atoms with van der Waals surface area (Å²) in [7, 11) is 0. The highest BCUT2D eigenvalue weighted by Crippen LogP contribution is 2.43. The Hall–Kier alpha value is -4.93. The number of piperidine rings is 1. The van der Waals surface area contributed by atoms with Crippen molar-refractivity contribution < 1.29 is 45.0 Å². The molecular weight excluding hydrogens is 687 g/mol. The van der Waals surface area contributed by atoms with Crippen molar-refractivity contribution in [3.05, 3.63) is 77.4 Å². The van der Waals surface area contributed by atoms with E-state index >= 15 is 0 Å². The van der Waals surface area contributed by atoms with Crippen LogP contribution in [0, 0.1) is 18.2 Å². The van der Waals surface area contributed by atoms with Crippen LogP contribution >= 0.6 is 0 Å². The van der Waals surface area contributed by atoms with Crippen LogP contribution < -0.4 is 20.7 Å². The van der Waals surface area contributed by atoms with Gasteiger partial charge in [-0.25, -0.2) is 9.07 Å². The summed E-state index contributed by atoms with van der Waals surface area (Å²) < 4.78 is 111. The van der Waals surface area contributed by atoms with Crippen molar-refractivity contribution in [1.29, 1.82) is 0 Å². The topological polar surface area (TPSA) is 120 Å². The number of benzene rings is 2. The summed E-state index contributed by atoms with van der Waals surface area (Å²) in [4.78, 5) is 22.3. The third kappa shape index (κ3) is 7.72. The predicted molar refractivity (Wildman–Crippen MR) is 171 cm³/mol. The maximum atomic E-state index is 14.9. The van der Waals surface area contributed by atoms with Gasteiger partial charge in [0.1, 0.15) is 17.7 Å². The van der Waals surface area contributed by atoms with E-state index < -0.39 is 47.3 Å². The molecule has 0 amide bonds. The number of aryl methyl sites for hydroxylation is 1. The molecule has 2 atom stereocenters. The van der Waals surface area contributed by atoms with Gasteiger partial charge >= 0.3 is 18.3 Å². The van der Waals surface area contributed by atoms with Crippen molar-refractivity contribution in [2.24, 2.45) is 5.41 Å². The average Bonchev–Trinajstić information content (AvgIpc) is 3.69. The predicted octanol–water partition coefficient (Wildman–Crippen LogP) is 6.57. The number of nitrogens with one attached hydrogen (secondary N) is 1. The van der Waals surface area contributed by atoms with Gasteiger partial charge in [-0.15, -0.1) is 0 Å². The number of hydrogen-bond acceptors (Lipinski definition) is 9. The van der Waals surface area contributed by atoms with Gasteiger partial charge in [0.15, 0.2) is 0 Å². The molecule has 2 aliphatic rings. The number of carbonyl (C=O) groups excluding carboxylic acids is 1. The Balaban J connectivity index is 1.30. The highest BCUT2D eigenvalue weighted by atomic mass is 19.4. The van der Waals surface area contributed by atoms with Crippen molar-refractivity contribution in [3.8, 4) is 22.7 Å². The number of hydrogen-bond donors (Lipinski definition) is 2. The summed E-state index contributed by atoms with van der Waals surface area (Å²) >= 11 is 0. The summed E-state index contributed by atoms with van der Waals surface area (Å²) in [6.07, 6.45) is -9.27. The van der Waals surface area contributed by atoms with Gasteiger partial charge in [-0.3, -0.25) is 4.79 Å². The van der Waals surface area contributed by atoms with E-state index in [4.69, 9.17) is 15.2 Å². The lowest BCUT2D eigenvalue weighted by Gasteiger charge is -2.39. The SMILES string of the molecule is CCOC(=O)[C@@H]1CC2(CCN(c3cc(O[C@H](c4ccc(-c5ccc(F)c(C(F)(F)F)c5)cc4-n4ccc(C)n4)C(F)(F)F)nc(N)n3)CC2)CN1. The van der Waals surface area contributed by atoms with Crippen LogP contribution in [-0.4, -0.2) is 64.2 Å². The molecule has 1 spiro atoms. The van der Waals surface area contributed by atoms with Crippen LogP contribution in [-0.2, 0) is 15.7 Å². The van der Waals surface area contributed by atoms with Gasteiger partial charge in [0, 0.05) is 37.5 Å². The lowest BCUT2D eigenvalue weighted by Crippen LogP contribution is -2.41. The zero-order valence-electron chi connectivity index (χ0n) is 27.5. The van der Waals surface area contributed by atoms with Crippen LogP contribution in [0.25, 0.3) is 16.8 Å². The lowest BCUT2D eigenvalue weighted by atomic mass is 9.76. The number of ether oxygens (including phenoxy) is 2. The molecule has 0 saturated carbocycles. The molecule has 10 nitrogen and oxygen atoms in total. The summed E-state index contributed by atoms with van der Waals surface area (Å²) in [6, 6.07) is 8.25. The number of nitrogens with zero attached hydrogens (tertiary/aromatic N) is 5. The fraction of sp³-hybridized carbons (Fsp3) is 0.412. The zero-order valence-corrected chi connectivity index (χ0v) is 27.5. The maximum absolute atomic E-state index is 14.9. The van der Waals surface area contributed by atoms with Gasteiger partial charge in [0.05, 0.1) is 23.6 Å². The van der Waals surface area contributed by atoms with Crippen molar-refractivity contribution in [2.45, 2.75) is 57.6 Å². The van der Waals surface area contributed by atoms with Gasteiger partial charge < -0.3 is 25.4 Å². The molecule has 6 rings (SSSR count). The second-order valence-electron chi connectivity index (χ2n) is 12.7. The first-order chi connectivity index (χ1) is 24.0. The minimum atomic E-state index is -5.01. The van der Waals surface area contributed by atoms with E-state index in [1.165, 1.54) is 24.4 Å². The Kier molecular flexibility index (Phi) is 9.61. The molecule has 51 heavy (non-hydrogen) atoms. The first kappa shape index (κ1) is 35.9. The summed E-state index contributed by atoms with van der Waals surface area (Å²) in [5.74, 6) is -2.29. The van der Waals surface area contributed by atoms with Crippen LogP contribution in [0.5, 0.6) is 5.88 Å². The quantitative estimate of drug-likeness (QED) is 0.154. The number of aromatic nitrogens is 4. The van der Waals surface area contributed by atoms with Gasteiger partial charge in [-0.2, -0.15) is 41.4 Å². The maximum Gasteiger partial charge on any atom is 0.429 e. The van der Waals surface area contributed by atoms with E-state index in [9.17, 15) is 35.5 Å². The average molecular weight is 722 g/mol. The number of anilines is 2. The number of nitrogens with two attached hydrogens (primary N) is 1. The largest absolute Gasteiger partial charge is 0.465 e. The second kappa shape index (κ2) is 13.7. The van der Waals surface area contributed by atoms with Crippen LogP contribution in [0.3, 0.4) is 0 Å². The number of nitrogen functional groups attached to an aromatic ring is 1. The van der Waals surface area contributed by atoms with Crippen LogP contribution in [0.1, 0.15) is 49.1 Å². The first-order valence-corrected chi connectivity index (χ1v) is 16.1. The van der Waals surface area contributed by atoms with Gasteiger partial charge in [0.2, 0.25) is 17.9 Å². The third-order valence-corrected chi connectivity index (χ3v) is 9.21. The van der Waals surface area contributed by atoms with Crippen molar-refractivity contribution in [3.63, 3.8) is 0 Å². The van der Waals surface area contributed by atoms with Gasteiger partial charge in [-0.1, -0.05) is 18.2 Å². The first-order valence-electron chi connectivity index (χ1n) is 16.1. The normalized spacial score (nSPS) is 18.2. The third-order valence-electron chi connectivity index (χ3n) is 9.21. The Bertz CT molecular complexity index is 1910. The molecule has 3 N–H and O–H groups in total. The molecule has 0 unspecified atom stereocenters. The fourth-order valence-corrected chi connectivity index (χ4v) is 6.61. The van der Waals surface area contributed by atoms with E-state index in [-0.39, 0.29) is 46.6 Å². The van der Waals surface area contributed by atoms with Crippen molar-refractivity contribution >= 4 is 17.7 Å². The summed E-state index contributed by atoms with van der Waals surface area (Å²) in [5, 5.41) is 7.47. The number of rotatable bonds is 8. The molecule has 17 heteroatoms. The highest BCUT2D eigenvalue weighted by molar-refractivity contribution is 5.76. The minimum absolute atomic E-state index is 0.0776. The van der Waals surface area contributed by atoms with E-state index in [1.807, 2.05) is 4.90 Å². The van der Waals surface area contributed by atoms with E-state index in [1.54, 1.807) is 19.9 Å². The summed E-state index contributed by atoms with van der Waals surface area (Å²) in [5.41, 5.74) is 4.18. The minimum Gasteiger partial charge on any atom is -0.465 e. The summed E-state index contributed by atoms with van der Waals surface area (Å²) in [6.45, 7) is 5.23. The molecule has 2 fully saturated rings.